The van der Waals surface area contributed by atoms with Crippen LogP contribution in [0.25, 0.3) is 0 Å². The molecule has 1 N–H and O–H groups in total. The summed E-state index contributed by atoms with van der Waals surface area (Å²) >= 11 is 0. The zero-order chi connectivity index (χ0) is 12.4. The fraction of sp³-hybridized carbons (Fsp3) is 0.625. The first kappa shape index (κ1) is 12.2. The topological polar surface area (TPSA) is 15.3 Å². The zero-order valence-electron chi connectivity index (χ0n) is 11.4. The summed E-state index contributed by atoms with van der Waals surface area (Å²) in [4.78, 5) is 2.76. The summed E-state index contributed by atoms with van der Waals surface area (Å²) in [5, 5.41) is 3.52. The van der Waals surface area contributed by atoms with Crippen LogP contribution in [0.2, 0.25) is 0 Å². The second-order valence-electron chi connectivity index (χ2n) is 5.68. The quantitative estimate of drug-likeness (QED) is 0.860. The van der Waals surface area contributed by atoms with Gasteiger partial charge in [-0.2, -0.15) is 0 Å². The first-order valence-electron chi connectivity index (χ1n) is 7.41. The molecule has 18 heavy (non-hydrogen) atoms. The Bertz CT molecular complexity index is 407. The molecule has 2 heterocycles. The van der Waals surface area contributed by atoms with Gasteiger partial charge in [-0.3, -0.25) is 4.90 Å². The first-order valence-corrected chi connectivity index (χ1v) is 7.41. The van der Waals surface area contributed by atoms with Crippen LogP contribution in [-0.2, 0) is 12.0 Å². The van der Waals surface area contributed by atoms with Crippen LogP contribution in [-0.4, -0.2) is 31.1 Å². The van der Waals surface area contributed by atoms with Crippen molar-refractivity contribution in [3.8, 4) is 0 Å². The van der Waals surface area contributed by atoms with Crippen molar-refractivity contribution in [2.75, 3.05) is 26.2 Å². The lowest BCUT2D eigenvalue weighted by molar-refractivity contribution is 0.0429. The maximum absolute atomic E-state index is 3.52. The molecule has 1 saturated heterocycles. The molecule has 2 aliphatic heterocycles. The predicted octanol–water partition coefficient (Wildman–Crippen LogP) is 2.53. The zero-order valence-corrected chi connectivity index (χ0v) is 11.4. The highest BCUT2D eigenvalue weighted by atomic mass is 15.2. The normalized spacial score (nSPS) is 22.9. The van der Waals surface area contributed by atoms with E-state index in [9.17, 15) is 0 Å². The van der Waals surface area contributed by atoms with Crippen molar-refractivity contribution in [1.29, 1.82) is 0 Å². The molecular weight excluding hydrogens is 220 g/mol. The molecule has 0 atom stereocenters. The molecule has 0 aliphatic carbocycles. The van der Waals surface area contributed by atoms with Crippen molar-refractivity contribution < 1.29 is 0 Å². The third-order valence-electron chi connectivity index (χ3n) is 4.70. The number of rotatable bonds is 2. The summed E-state index contributed by atoms with van der Waals surface area (Å²) in [5.41, 5.74) is 3.54. The third kappa shape index (κ3) is 1.88. The summed E-state index contributed by atoms with van der Waals surface area (Å²) in [6.07, 6.45) is 5.02. The molecule has 0 radical (unpaired) electrons. The molecule has 3 rings (SSSR count). The van der Waals surface area contributed by atoms with Crippen LogP contribution in [0.1, 0.15) is 37.3 Å². The van der Waals surface area contributed by atoms with Gasteiger partial charge in [0.2, 0.25) is 0 Å². The number of piperidine rings is 1. The van der Waals surface area contributed by atoms with Gasteiger partial charge in [0.1, 0.15) is 0 Å². The summed E-state index contributed by atoms with van der Waals surface area (Å²) < 4.78 is 0. The number of hydrogen-bond donors (Lipinski definition) is 1. The molecule has 2 aliphatic rings. The van der Waals surface area contributed by atoms with Crippen LogP contribution in [0.15, 0.2) is 24.3 Å². The number of hydrogen-bond acceptors (Lipinski definition) is 2. The standard InChI is InChI=1S/C16H24N2/c1-2-12-18-13-7-14-5-3-4-6-15(14)16(18)8-10-17-11-9-16/h3-6,17H,2,7-13H2,1H3. The van der Waals surface area contributed by atoms with Crippen molar-refractivity contribution in [1.82, 2.24) is 10.2 Å². The van der Waals surface area contributed by atoms with Crippen LogP contribution >= 0.6 is 0 Å². The minimum atomic E-state index is 0.329. The molecule has 1 fully saturated rings. The van der Waals surface area contributed by atoms with Crippen molar-refractivity contribution in [3.05, 3.63) is 35.4 Å². The van der Waals surface area contributed by atoms with E-state index in [1.807, 2.05) is 0 Å². The van der Waals surface area contributed by atoms with Crippen LogP contribution in [0.5, 0.6) is 0 Å². The van der Waals surface area contributed by atoms with Crippen LogP contribution in [0, 0.1) is 0 Å². The Balaban J connectivity index is 2.02. The molecule has 0 amide bonds. The highest BCUT2D eigenvalue weighted by molar-refractivity contribution is 5.37. The molecule has 1 aromatic rings. The minimum Gasteiger partial charge on any atom is -0.317 e. The van der Waals surface area contributed by atoms with E-state index < -0.39 is 0 Å². The minimum absolute atomic E-state index is 0.329. The number of nitrogens with one attached hydrogen (secondary N) is 1. The summed E-state index contributed by atoms with van der Waals surface area (Å²) in [6, 6.07) is 9.13. The fourth-order valence-corrected chi connectivity index (χ4v) is 3.85. The Morgan fingerprint density at radius 1 is 1.22 bits per heavy atom. The van der Waals surface area contributed by atoms with Crippen molar-refractivity contribution in [3.63, 3.8) is 0 Å². The van der Waals surface area contributed by atoms with Gasteiger partial charge >= 0.3 is 0 Å². The molecule has 0 saturated carbocycles. The van der Waals surface area contributed by atoms with Gasteiger partial charge in [-0.05, 0) is 56.4 Å². The van der Waals surface area contributed by atoms with E-state index in [0.717, 1.165) is 13.1 Å². The summed E-state index contributed by atoms with van der Waals surface area (Å²) in [7, 11) is 0. The van der Waals surface area contributed by atoms with E-state index >= 15 is 0 Å². The fourth-order valence-electron chi connectivity index (χ4n) is 3.85. The molecule has 2 nitrogen and oxygen atoms in total. The SMILES string of the molecule is CCCN1CCc2ccccc2C12CCNCC2. The first-order chi connectivity index (χ1) is 8.87. The molecule has 1 spiro atoms. The van der Waals surface area contributed by atoms with Crippen LogP contribution in [0.3, 0.4) is 0 Å². The average Bonchev–Trinajstić information content (AvgIpc) is 2.44. The highest BCUT2D eigenvalue weighted by Crippen LogP contribution is 2.42. The van der Waals surface area contributed by atoms with Gasteiger partial charge < -0.3 is 5.32 Å². The maximum atomic E-state index is 3.52. The summed E-state index contributed by atoms with van der Waals surface area (Å²) in [6.45, 7) is 7.11. The Labute approximate surface area is 110 Å². The lowest BCUT2D eigenvalue weighted by Gasteiger charge is -2.51. The van der Waals surface area contributed by atoms with Gasteiger partial charge in [-0.25, -0.2) is 0 Å². The van der Waals surface area contributed by atoms with Crippen LogP contribution < -0.4 is 5.32 Å². The Morgan fingerprint density at radius 2 is 2.00 bits per heavy atom. The molecule has 0 bridgehead atoms. The second-order valence-corrected chi connectivity index (χ2v) is 5.68. The molecule has 1 aromatic carbocycles. The van der Waals surface area contributed by atoms with Crippen molar-refractivity contribution in [2.24, 2.45) is 0 Å². The van der Waals surface area contributed by atoms with E-state index in [1.165, 1.54) is 38.8 Å². The van der Waals surface area contributed by atoms with E-state index in [4.69, 9.17) is 0 Å². The molecule has 98 valence electrons. The van der Waals surface area contributed by atoms with Gasteiger partial charge in [0, 0.05) is 12.1 Å². The number of nitrogens with zero attached hydrogens (tertiary/aromatic N) is 1. The van der Waals surface area contributed by atoms with E-state index in [0.29, 0.717) is 5.54 Å². The van der Waals surface area contributed by atoms with Gasteiger partial charge in [0.15, 0.2) is 0 Å². The Hall–Kier alpha value is -0.860. The van der Waals surface area contributed by atoms with E-state index in [-0.39, 0.29) is 0 Å². The Morgan fingerprint density at radius 3 is 2.78 bits per heavy atom. The van der Waals surface area contributed by atoms with Crippen molar-refractivity contribution in [2.45, 2.75) is 38.1 Å². The number of fused-ring (bicyclic) bond motifs is 2. The lowest BCUT2D eigenvalue weighted by atomic mass is 9.74. The van der Waals surface area contributed by atoms with Gasteiger partial charge in [0.25, 0.3) is 0 Å². The van der Waals surface area contributed by atoms with Crippen molar-refractivity contribution >= 4 is 0 Å². The summed E-state index contributed by atoms with van der Waals surface area (Å²) in [5.74, 6) is 0. The van der Waals surface area contributed by atoms with E-state index in [2.05, 4.69) is 41.4 Å². The predicted molar refractivity (Wildman–Crippen MR) is 75.8 cm³/mol. The van der Waals surface area contributed by atoms with Gasteiger partial charge in [0.05, 0.1) is 0 Å². The Kier molecular flexibility index (Phi) is 3.40. The second kappa shape index (κ2) is 5.02. The van der Waals surface area contributed by atoms with Gasteiger partial charge in [-0.1, -0.05) is 31.2 Å². The van der Waals surface area contributed by atoms with E-state index in [1.54, 1.807) is 11.1 Å². The monoisotopic (exact) mass is 244 g/mol. The molecule has 0 unspecified atom stereocenters. The molecule has 0 aromatic heterocycles. The smallest absolute Gasteiger partial charge is 0.0487 e. The maximum Gasteiger partial charge on any atom is 0.0487 e. The molecule has 2 heteroatoms. The number of benzene rings is 1. The largest absolute Gasteiger partial charge is 0.317 e. The molecular formula is C16H24N2. The lowest BCUT2D eigenvalue weighted by Crippen LogP contribution is -2.55. The average molecular weight is 244 g/mol. The third-order valence-corrected chi connectivity index (χ3v) is 4.70. The van der Waals surface area contributed by atoms with Gasteiger partial charge in [-0.15, -0.1) is 0 Å². The van der Waals surface area contributed by atoms with Crippen LogP contribution in [0.4, 0.5) is 0 Å². The highest BCUT2D eigenvalue weighted by Gasteiger charge is 2.42.